The highest BCUT2D eigenvalue weighted by atomic mass is 19.1. The largest absolute Gasteiger partial charge is 0.494 e. The molecule has 2 aromatic rings. The van der Waals surface area contributed by atoms with Crippen molar-refractivity contribution in [3.8, 4) is 5.75 Å². The van der Waals surface area contributed by atoms with E-state index in [0.717, 1.165) is 0 Å². The summed E-state index contributed by atoms with van der Waals surface area (Å²) < 4.78 is 23.0. The summed E-state index contributed by atoms with van der Waals surface area (Å²) >= 11 is 0. The molecule has 0 heterocycles. The number of carbonyl (C=O) groups excluding carboxylic acids is 2. The van der Waals surface area contributed by atoms with Crippen molar-refractivity contribution in [1.82, 2.24) is 0 Å². The summed E-state index contributed by atoms with van der Waals surface area (Å²) in [7, 11) is 1.34. The maximum atomic E-state index is 13.3. The topological polar surface area (TPSA) is 76.7 Å². The fraction of sp³-hybridized carbons (Fsp3) is 0.176. The van der Waals surface area contributed by atoms with Crippen LogP contribution in [-0.4, -0.2) is 25.7 Å². The van der Waals surface area contributed by atoms with Gasteiger partial charge in [-0.2, -0.15) is 0 Å². The van der Waals surface area contributed by atoms with Crippen molar-refractivity contribution in [2.45, 2.75) is 6.92 Å². The molecule has 0 aliphatic carbocycles. The molecule has 0 radical (unpaired) electrons. The van der Waals surface area contributed by atoms with Gasteiger partial charge in [0.25, 0.3) is 0 Å². The Labute approximate surface area is 138 Å². The number of esters is 1. The number of methoxy groups -OCH3 is 1. The summed E-state index contributed by atoms with van der Waals surface area (Å²) in [5.74, 6) is -0.906. The first-order chi connectivity index (χ1) is 11.5. The van der Waals surface area contributed by atoms with E-state index in [1.807, 2.05) is 0 Å². The zero-order valence-electron chi connectivity index (χ0n) is 13.3. The van der Waals surface area contributed by atoms with Gasteiger partial charge >= 0.3 is 12.0 Å². The molecule has 24 heavy (non-hydrogen) atoms. The highest BCUT2D eigenvalue weighted by Gasteiger charge is 2.09. The summed E-state index contributed by atoms with van der Waals surface area (Å²) in [6, 6.07) is 9.74. The van der Waals surface area contributed by atoms with Gasteiger partial charge in [0.1, 0.15) is 0 Å². The van der Waals surface area contributed by atoms with Crippen LogP contribution in [-0.2, 0) is 4.74 Å². The third-order valence-corrected chi connectivity index (χ3v) is 3.06. The van der Waals surface area contributed by atoms with Crippen LogP contribution < -0.4 is 15.4 Å². The number of hydrogen-bond acceptors (Lipinski definition) is 4. The first kappa shape index (κ1) is 17.3. The Hall–Kier alpha value is -3.09. The molecule has 2 N–H and O–H groups in total. The van der Waals surface area contributed by atoms with Gasteiger partial charge in [-0.25, -0.2) is 14.0 Å². The second-order valence-electron chi connectivity index (χ2n) is 4.73. The molecule has 0 unspecified atom stereocenters. The zero-order chi connectivity index (χ0) is 17.5. The molecule has 0 aromatic heterocycles. The Morgan fingerprint density at radius 1 is 1.04 bits per heavy atom. The molecule has 0 fully saturated rings. The summed E-state index contributed by atoms with van der Waals surface area (Å²) in [6.07, 6.45) is 0. The number of benzene rings is 2. The third-order valence-electron chi connectivity index (χ3n) is 3.06. The molecule has 7 heteroatoms. The van der Waals surface area contributed by atoms with Crippen LogP contribution >= 0.6 is 0 Å². The van der Waals surface area contributed by atoms with Gasteiger partial charge in [-0.1, -0.05) is 0 Å². The second-order valence-corrected chi connectivity index (χ2v) is 4.73. The molecule has 0 saturated carbocycles. The quantitative estimate of drug-likeness (QED) is 0.819. The molecule has 0 spiro atoms. The first-order valence-corrected chi connectivity index (χ1v) is 7.22. The van der Waals surface area contributed by atoms with E-state index in [2.05, 4.69) is 10.6 Å². The summed E-state index contributed by atoms with van der Waals surface area (Å²) in [5.41, 5.74) is 1.27. The Balaban J connectivity index is 1.98. The van der Waals surface area contributed by atoms with Crippen molar-refractivity contribution in [3.63, 3.8) is 0 Å². The third kappa shape index (κ3) is 4.45. The van der Waals surface area contributed by atoms with Crippen molar-refractivity contribution in [1.29, 1.82) is 0 Å². The van der Waals surface area contributed by atoms with Gasteiger partial charge in [0.2, 0.25) is 0 Å². The predicted octanol–water partition coefficient (Wildman–Crippen LogP) is 3.66. The summed E-state index contributed by atoms with van der Waals surface area (Å²) in [6.45, 7) is 2.02. The highest BCUT2D eigenvalue weighted by molar-refractivity contribution is 6.00. The SMILES string of the molecule is CCOC(=O)c1ccc(NC(=O)Nc2ccc(F)c(OC)c2)cc1. The van der Waals surface area contributed by atoms with Crippen molar-refractivity contribution < 1.29 is 23.5 Å². The van der Waals surface area contributed by atoms with E-state index in [1.165, 1.54) is 25.3 Å². The van der Waals surface area contributed by atoms with Gasteiger partial charge in [-0.3, -0.25) is 0 Å². The number of carbonyl (C=O) groups is 2. The minimum Gasteiger partial charge on any atom is -0.494 e. The summed E-state index contributed by atoms with van der Waals surface area (Å²) in [4.78, 5) is 23.5. The van der Waals surface area contributed by atoms with E-state index in [4.69, 9.17) is 9.47 Å². The van der Waals surface area contributed by atoms with Crippen LogP contribution in [0, 0.1) is 5.82 Å². The van der Waals surface area contributed by atoms with Gasteiger partial charge in [-0.15, -0.1) is 0 Å². The Morgan fingerprint density at radius 2 is 1.67 bits per heavy atom. The van der Waals surface area contributed by atoms with Crippen LogP contribution in [0.5, 0.6) is 5.75 Å². The van der Waals surface area contributed by atoms with Crippen molar-refractivity contribution in [2.75, 3.05) is 24.4 Å². The van der Waals surface area contributed by atoms with Crippen LogP contribution in [0.2, 0.25) is 0 Å². The van der Waals surface area contributed by atoms with Crippen molar-refractivity contribution in [3.05, 3.63) is 53.8 Å². The first-order valence-electron chi connectivity index (χ1n) is 7.22. The van der Waals surface area contributed by atoms with E-state index < -0.39 is 17.8 Å². The Morgan fingerprint density at radius 3 is 2.29 bits per heavy atom. The lowest BCUT2D eigenvalue weighted by Gasteiger charge is -2.10. The molecule has 0 aliphatic rings. The van der Waals surface area contributed by atoms with Crippen LogP contribution in [0.4, 0.5) is 20.6 Å². The van der Waals surface area contributed by atoms with E-state index in [1.54, 1.807) is 31.2 Å². The van der Waals surface area contributed by atoms with Crippen molar-refractivity contribution in [2.24, 2.45) is 0 Å². The highest BCUT2D eigenvalue weighted by Crippen LogP contribution is 2.21. The van der Waals surface area contributed by atoms with Crippen LogP contribution in [0.25, 0.3) is 0 Å². The average Bonchev–Trinajstić information content (AvgIpc) is 2.57. The van der Waals surface area contributed by atoms with Crippen LogP contribution in [0.15, 0.2) is 42.5 Å². The fourth-order valence-corrected chi connectivity index (χ4v) is 1.94. The number of amides is 2. The lowest BCUT2D eigenvalue weighted by molar-refractivity contribution is 0.0526. The molecular weight excluding hydrogens is 315 g/mol. The van der Waals surface area contributed by atoms with E-state index in [9.17, 15) is 14.0 Å². The molecule has 2 rings (SSSR count). The average molecular weight is 332 g/mol. The lowest BCUT2D eigenvalue weighted by atomic mass is 10.2. The molecular formula is C17H17FN2O4. The molecule has 0 bridgehead atoms. The van der Waals surface area contributed by atoms with Gasteiger partial charge in [0.05, 0.1) is 19.3 Å². The van der Waals surface area contributed by atoms with Gasteiger partial charge < -0.3 is 20.1 Å². The number of urea groups is 1. The maximum absolute atomic E-state index is 13.3. The molecule has 2 aromatic carbocycles. The molecule has 0 atom stereocenters. The normalized spacial score (nSPS) is 9.96. The zero-order valence-corrected chi connectivity index (χ0v) is 13.3. The Kier molecular flexibility index (Phi) is 5.73. The molecule has 6 nitrogen and oxygen atoms in total. The number of halogens is 1. The van der Waals surface area contributed by atoms with Gasteiger partial charge in [0.15, 0.2) is 11.6 Å². The van der Waals surface area contributed by atoms with Crippen LogP contribution in [0.3, 0.4) is 0 Å². The van der Waals surface area contributed by atoms with E-state index in [-0.39, 0.29) is 5.75 Å². The maximum Gasteiger partial charge on any atom is 0.338 e. The second kappa shape index (κ2) is 7.96. The molecule has 2 amide bonds. The molecule has 126 valence electrons. The van der Waals surface area contributed by atoms with E-state index in [0.29, 0.717) is 23.5 Å². The van der Waals surface area contributed by atoms with Gasteiger partial charge in [0, 0.05) is 17.4 Å². The van der Waals surface area contributed by atoms with E-state index >= 15 is 0 Å². The number of ether oxygens (including phenoxy) is 2. The minimum absolute atomic E-state index is 0.0339. The lowest BCUT2D eigenvalue weighted by Crippen LogP contribution is -2.19. The fourth-order valence-electron chi connectivity index (χ4n) is 1.94. The number of hydrogen-bond donors (Lipinski definition) is 2. The Bertz CT molecular complexity index is 732. The number of rotatable bonds is 5. The monoisotopic (exact) mass is 332 g/mol. The standard InChI is InChI=1S/C17H17FN2O4/c1-3-24-16(21)11-4-6-12(7-5-11)19-17(22)20-13-8-9-14(18)15(10-13)23-2/h4-10H,3H2,1-2H3,(H2,19,20,22). The van der Waals surface area contributed by atoms with Crippen molar-refractivity contribution >= 4 is 23.4 Å². The van der Waals surface area contributed by atoms with Gasteiger partial charge in [-0.05, 0) is 43.3 Å². The number of anilines is 2. The molecule has 0 aliphatic heterocycles. The smallest absolute Gasteiger partial charge is 0.338 e. The summed E-state index contributed by atoms with van der Waals surface area (Å²) in [5, 5.41) is 5.17. The predicted molar refractivity (Wildman–Crippen MR) is 88.0 cm³/mol. The number of nitrogens with one attached hydrogen (secondary N) is 2. The molecule has 0 saturated heterocycles. The minimum atomic E-state index is -0.516. The van der Waals surface area contributed by atoms with Crippen LogP contribution in [0.1, 0.15) is 17.3 Å².